The van der Waals surface area contributed by atoms with Crippen molar-refractivity contribution in [2.24, 2.45) is 23.5 Å². The molecule has 0 radical (unpaired) electrons. The zero-order valence-corrected chi connectivity index (χ0v) is 32.1. The molecule has 0 aromatic rings. The van der Waals surface area contributed by atoms with Crippen LogP contribution in [0.15, 0.2) is 0 Å². The van der Waals surface area contributed by atoms with Crippen LogP contribution in [-0.2, 0) is 38.1 Å². The second kappa shape index (κ2) is 20.0. The van der Waals surface area contributed by atoms with E-state index in [0.717, 1.165) is 38.5 Å². The number of carbonyl (C=O) groups is 3. The largest absolute Gasteiger partial charge is 0.394 e. The average Bonchev–Trinajstić information content (AvgIpc) is 3.13. The predicted molar refractivity (Wildman–Crippen MR) is 192 cm³/mol. The molecule has 2 amide bonds. The lowest BCUT2D eigenvalue weighted by molar-refractivity contribution is -0.338. The molecule has 2 aliphatic carbocycles. The van der Waals surface area contributed by atoms with Crippen molar-refractivity contribution in [2.45, 2.75) is 177 Å². The molecular formula is C38H65N3O13. The summed E-state index contributed by atoms with van der Waals surface area (Å²) in [7, 11) is 0. The Morgan fingerprint density at radius 2 is 1.63 bits per heavy atom. The van der Waals surface area contributed by atoms with Crippen LogP contribution in [0.2, 0.25) is 0 Å². The molecule has 8 N–H and O–H groups in total. The average molecular weight is 772 g/mol. The van der Waals surface area contributed by atoms with E-state index in [4.69, 9.17) is 29.4 Å². The number of aliphatic hydroxyl groups is 5. The molecule has 0 aromatic carbocycles. The fourth-order valence-electron chi connectivity index (χ4n) is 8.85. The lowest BCUT2D eigenvalue weighted by atomic mass is 9.74. The molecule has 16 nitrogen and oxygen atoms in total. The van der Waals surface area contributed by atoms with Gasteiger partial charge in [0.2, 0.25) is 5.91 Å². The van der Waals surface area contributed by atoms with Crippen molar-refractivity contribution in [3.05, 3.63) is 0 Å². The molecule has 15 atom stereocenters. The number of aliphatic hydroxyl groups excluding tert-OH is 5. The molecule has 3 heterocycles. The maximum absolute atomic E-state index is 13.8. The van der Waals surface area contributed by atoms with E-state index in [0.29, 0.717) is 45.3 Å². The van der Waals surface area contributed by atoms with E-state index in [1.807, 2.05) is 6.92 Å². The quantitative estimate of drug-likeness (QED) is 0.108. The van der Waals surface area contributed by atoms with Crippen molar-refractivity contribution >= 4 is 17.6 Å². The molecule has 5 aliphatic rings. The van der Waals surface area contributed by atoms with Crippen molar-refractivity contribution in [2.75, 3.05) is 26.2 Å². The van der Waals surface area contributed by atoms with Gasteiger partial charge in [0.15, 0.2) is 12.6 Å². The fraction of sp³-hybridized carbons (Fsp3) is 0.921. The lowest BCUT2D eigenvalue weighted by Crippen LogP contribution is -2.67. The third-order valence-electron chi connectivity index (χ3n) is 12.2. The number of amides is 2. The van der Waals surface area contributed by atoms with E-state index in [2.05, 4.69) is 5.32 Å². The first-order chi connectivity index (χ1) is 25.9. The maximum Gasteiger partial charge on any atom is 0.251 e. The Morgan fingerprint density at radius 1 is 0.907 bits per heavy atom. The number of likely N-dealkylation sites (tertiary alicyclic amines) is 1. The Morgan fingerprint density at radius 3 is 2.24 bits per heavy atom. The van der Waals surface area contributed by atoms with Crippen molar-refractivity contribution in [3.8, 4) is 0 Å². The summed E-state index contributed by atoms with van der Waals surface area (Å²) >= 11 is 0. The van der Waals surface area contributed by atoms with Gasteiger partial charge in [0.05, 0.1) is 24.9 Å². The maximum atomic E-state index is 13.8. The molecule has 0 aromatic heterocycles. The molecule has 6 unspecified atom stereocenters. The predicted octanol–water partition coefficient (Wildman–Crippen LogP) is -0.132. The highest BCUT2D eigenvalue weighted by molar-refractivity contribution is 5.82. The number of carbonyl (C=O) groups excluding carboxylic acids is 3. The number of nitrogens with two attached hydrogens (primary N) is 1. The van der Waals surface area contributed by atoms with Crippen LogP contribution in [0.25, 0.3) is 0 Å². The summed E-state index contributed by atoms with van der Waals surface area (Å²) in [4.78, 5) is 41.8. The molecular weight excluding hydrogens is 706 g/mol. The number of nitrogens with zero attached hydrogens (tertiary/aromatic N) is 1. The molecule has 54 heavy (non-hydrogen) atoms. The van der Waals surface area contributed by atoms with Crippen LogP contribution in [0.1, 0.15) is 97.8 Å². The Kier molecular flexibility index (Phi) is 16.1. The van der Waals surface area contributed by atoms with Gasteiger partial charge in [-0.25, -0.2) is 0 Å². The summed E-state index contributed by atoms with van der Waals surface area (Å²) in [6, 6.07) is -1.15. The highest BCUT2D eigenvalue weighted by Crippen LogP contribution is 2.40. The van der Waals surface area contributed by atoms with Gasteiger partial charge in [0.1, 0.15) is 54.6 Å². The summed E-state index contributed by atoms with van der Waals surface area (Å²) in [5, 5.41) is 56.7. The van der Waals surface area contributed by atoms with Crippen LogP contribution in [0, 0.1) is 17.8 Å². The third kappa shape index (κ3) is 10.4. The van der Waals surface area contributed by atoms with Gasteiger partial charge in [-0.3, -0.25) is 14.4 Å². The Hall–Kier alpha value is -1.83. The van der Waals surface area contributed by atoms with Gasteiger partial charge in [0, 0.05) is 32.4 Å². The summed E-state index contributed by atoms with van der Waals surface area (Å²) in [5.74, 6) is -1.13. The summed E-state index contributed by atoms with van der Waals surface area (Å²) in [6.45, 7) is 5.75. The number of ketones is 1. The minimum Gasteiger partial charge on any atom is -0.394 e. The van der Waals surface area contributed by atoms with Gasteiger partial charge < -0.3 is 65.2 Å². The van der Waals surface area contributed by atoms with Crippen molar-refractivity contribution in [1.29, 1.82) is 0 Å². The van der Waals surface area contributed by atoms with E-state index in [1.54, 1.807) is 11.8 Å². The monoisotopic (exact) mass is 771 g/mol. The normalized spacial score (nSPS) is 39.8. The van der Waals surface area contributed by atoms with Crippen LogP contribution < -0.4 is 11.1 Å². The molecule has 3 aliphatic heterocycles. The first kappa shape index (κ1) is 43.3. The van der Waals surface area contributed by atoms with Gasteiger partial charge in [-0.15, -0.1) is 0 Å². The van der Waals surface area contributed by atoms with Crippen molar-refractivity contribution < 1.29 is 63.6 Å². The Balaban J connectivity index is 1.46. The van der Waals surface area contributed by atoms with Gasteiger partial charge >= 0.3 is 0 Å². The highest BCUT2D eigenvalue weighted by Gasteiger charge is 2.53. The molecule has 0 bridgehead atoms. The molecule has 310 valence electrons. The molecule has 2 saturated carbocycles. The van der Waals surface area contributed by atoms with Gasteiger partial charge in [-0.05, 0) is 57.4 Å². The van der Waals surface area contributed by atoms with E-state index in [1.165, 1.54) is 6.92 Å². The van der Waals surface area contributed by atoms with Gasteiger partial charge in [0.25, 0.3) is 5.91 Å². The Bertz CT molecular complexity index is 1220. The molecule has 16 heteroatoms. The van der Waals surface area contributed by atoms with Gasteiger partial charge in [-0.1, -0.05) is 45.4 Å². The number of ether oxygens (including phenoxy) is 5. The van der Waals surface area contributed by atoms with Crippen LogP contribution in [0.4, 0.5) is 0 Å². The molecule has 3 saturated heterocycles. The zero-order chi connectivity index (χ0) is 39.1. The van der Waals surface area contributed by atoms with Gasteiger partial charge in [-0.2, -0.15) is 0 Å². The van der Waals surface area contributed by atoms with E-state index < -0.39 is 98.1 Å². The number of hydrogen-bond donors (Lipinski definition) is 7. The minimum absolute atomic E-state index is 0.00923. The first-order valence-corrected chi connectivity index (χ1v) is 20.3. The van der Waals surface area contributed by atoms with E-state index >= 15 is 0 Å². The minimum atomic E-state index is -1.59. The van der Waals surface area contributed by atoms with Crippen molar-refractivity contribution in [1.82, 2.24) is 10.2 Å². The zero-order valence-electron chi connectivity index (χ0n) is 32.1. The lowest BCUT2D eigenvalue weighted by Gasteiger charge is -2.49. The molecule has 5 fully saturated rings. The van der Waals surface area contributed by atoms with Crippen LogP contribution >= 0.6 is 0 Å². The summed E-state index contributed by atoms with van der Waals surface area (Å²) in [6.07, 6.45) is -6.08. The van der Waals surface area contributed by atoms with E-state index in [-0.39, 0.29) is 36.4 Å². The second-order valence-electron chi connectivity index (χ2n) is 16.1. The topological polar surface area (TPSA) is 240 Å². The van der Waals surface area contributed by atoms with Crippen LogP contribution in [-0.4, -0.2) is 154 Å². The first-order valence-electron chi connectivity index (χ1n) is 20.3. The summed E-state index contributed by atoms with van der Waals surface area (Å²) < 4.78 is 31.7. The smallest absolute Gasteiger partial charge is 0.251 e. The highest BCUT2D eigenvalue weighted by atomic mass is 16.7. The third-order valence-corrected chi connectivity index (χ3v) is 12.2. The molecule has 0 spiro atoms. The number of Topliss-reactive ketones (excluding diaryl/α,β-unsaturated/α-hetero) is 1. The number of rotatable bonds is 16. The summed E-state index contributed by atoms with van der Waals surface area (Å²) in [5.41, 5.74) is 5.72. The standard InChI is InChI=1S/C38H65N3O13/c1-4-23-17-24(25(44)12-8-13-39)18-26(34(23)54-38-33(48)32(47)30(45)20(2)50-38)52-37-29(40-21(3)43)35(31(46)28(19-42)53-37)51-27(36(49)41-14-9-15-41)16-22-10-6-5-7-11-22/h20,22-24,26-35,37-38,42,45-48H,4-19,39H2,1-3H3,(H,40,43)/t20?,23?,24?,26-,27+,28+,29?,30-,31+,32+,33?,34-,35?,37-,38+/m1/s1. The fourth-order valence-corrected chi connectivity index (χ4v) is 8.85. The number of nitrogens with one attached hydrogen (secondary N) is 1. The van der Waals surface area contributed by atoms with E-state index in [9.17, 15) is 39.9 Å². The SMILES string of the molecule is CCC1CC(C(=O)CCCN)C[C@@H](O[C@@H]2O[C@@H](CO)[C@H](O)C(O[C@@H](CC3CCCCC3)C(=O)N3CCC3)C2NC(C)=O)[C@@H]1O[C@@H]1OC(C)[C@@H](O)[C@H](O)C1O. The van der Waals surface area contributed by atoms with Crippen LogP contribution in [0.5, 0.6) is 0 Å². The second-order valence-corrected chi connectivity index (χ2v) is 16.1. The van der Waals surface area contributed by atoms with Crippen molar-refractivity contribution in [3.63, 3.8) is 0 Å². The molecule has 5 rings (SSSR count). The van der Waals surface area contributed by atoms with Crippen LogP contribution in [0.3, 0.4) is 0 Å². The Labute approximate surface area is 318 Å². The number of hydrogen-bond acceptors (Lipinski definition) is 14.